The molecule has 0 bridgehead atoms. The van der Waals surface area contributed by atoms with E-state index in [1.807, 2.05) is 0 Å². The van der Waals surface area contributed by atoms with Crippen molar-refractivity contribution in [2.45, 2.75) is 4.90 Å². The van der Waals surface area contributed by atoms with E-state index in [2.05, 4.69) is 22.6 Å². The Labute approximate surface area is 67.9 Å². The number of aromatic amines is 1. The van der Waals surface area contributed by atoms with Gasteiger partial charge in [-0.1, -0.05) is 0 Å². The summed E-state index contributed by atoms with van der Waals surface area (Å²) in [5, 5.41) is 0. The molecule has 0 unspecified atom stereocenters. The molecule has 0 aliphatic heterocycles. The first-order valence-corrected chi connectivity index (χ1v) is 3.53. The van der Waals surface area contributed by atoms with Gasteiger partial charge in [0.15, 0.2) is 5.82 Å². The molecular weight excluding hydrogens is 163 g/mol. The number of nitrogens with one attached hydrogen (secondary N) is 1. The van der Waals surface area contributed by atoms with E-state index in [-0.39, 0.29) is 5.82 Å². The topological polar surface area (TPSA) is 28.7 Å². The Kier molecular flexibility index (Phi) is 1.35. The van der Waals surface area contributed by atoms with Crippen molar-refractivity contribution < 1.29 is 4.39 Å². The molecule has 1 aromatic carbocycles. The Balaban J connectivity index is 2.91. The third-order valence-corrected chi connectivity index (χ3v) is 1.72. The van der Waals surface area contributed by atoms with Crippen molar-refractivity contribution in [2.75, 3.05) is 0 Å². The first kappa shape index (κ1) is 6.67. The van der Waals surface area contributed by atoms with Gasteiger partial charge in [0, 0.05) is 4.90 Å². The van der Waals surface area contributed by atoms with Gasteiger partial charge in [-0.3, -0.25) is 0 Å². The van der Waals surface area contributed by atoms with Crippen LogP contribution in [0, 0.1) is 5.82 Å². The lowest BCUT2D eigenvalue weighted by atomic mass is 10.3. The minimum Gasteiger partial charge on any atom is -0.344 e. The minimum absolute atomic E-state index is 0.339. The van der Waals surface area contributed by atoms with E-state index in [0.717, 1.165) is 0 Å². The predicted molar refractivity (Wildman–Crippen MR) is 43.3 cm³/mol. The van der Waals surface area contributed by atoms with E-state index in [0.29, 0.717) is 15.9 Å². The normalized spacial score (nSPS) is 10.7. The van der Waals surface area contributed by atoms with Gasteiger partial charge in [0.1, 0.15) is 5.52 Å². The zero-order valence-electron chi connectivity index (χ0n) is 5.50. The zero-order chi connectivity index (χ0) is 7.84. The summed E-state index contributed by atoms with van der Waals surface area (Å²) in [4.78, 5) is 7.19. The van der Waals surface area contributed by atoms with Crippen LogP contribution < -0.4 is 0 Å². The molecule has 0 saturated carbocycles. The second kappa shape index (κ2) is 2.23. The van der Waals surface area contributed by atoms with Gasteiger partial charge in [0.25, 0.3) is 0 Å². The number of aromatic nitrogens is 2. The van der Waals surface area contributed by atoms with Crippen molar-refractivity contribution in [1.29, 1.82) is 0 Å². The second-order valence-electron chi connectivity index (χ2n) is 2.23. The Bertz CT molecular complexity index is 396. The fraction of sp³-hybridized carbons (Fsp3) is 0. The maximum absolute atomic E-state index is 12.9. The van der Waals surface area contributed by atoms with Crippen molar-refractivity contribution in [3.8, 4) is 0 Å². The molecule has 4 heteroatoms. The molecular formula is C7H5FN2S. The molecule has 0 spiro atoms. The summed E-state index contributed by atoms with van der Waals surface area (Å²) in [7, 11) is 0. The third kappa shape index (κ3) is 0.991. The number of benzene rings is 1. The van der Waals surface area contributed by atoms with Crippen LogP contribution in [0.5, 0.6) is 0 Å². The Morgan fingerprint density at radius 3 is 3.09 bits per heavy atom. The minimum atomic E-state index is -0.339. The van der Waals surface area contributed by atoms with Gasteiger partial charge in [0.05, 0.1) is 11.8 Å². The smallest absolute Gasteiger partial charge is 0.152 e. The molecule has 0 amide bonds. The van der Waals surface area contributed by atoms with Gasteiger partial charge < -0.3 is 4.98 Å². The average Bonchev–Trinajstić information content (AvgIpc) is 2.34. The zero-order valence-corrected chi connectivity index (χ0v) is 6.40. The van der Waals surface area contributed by atoms with Crippen molar-refractivity contribution in [1.82, 2.24) is 9.97 Å². The van der Waals surface area contributed by atoms with Crippen molar-refractivity contribution in [2.24, 2.45) is 0 Å². The molecule has 0 aliphatic carbocycles. The monoisotopic (exact) mass is 168 g/mol. The molecule has 56 valence electrons. The van der Waals surface area contributed by atoms with Gasteiger partial charge in [-0.05, 0) is 12.1 Å². The lowest BCUT2D eigenvalue weighted by Gasteiger charge is -1.92. The summed E-state index contributed by atoms with van der Waals surface area (Å²) in [6.45, 7) is 0. The number of nitrogens with zero attached hydrogens (tertiary/aromatic N) is 1. The summed E-state index contributed by atoms with van der Waals surface area (Å²) in [6, 6.07) is 3.07. The first-order valence-electron chi connectivity index (χ1n) is 3.09. The van der Waals surface area contributed by atoms with Crippen LogP contribution in [0.25, 0.3) is 11.0 Å². The van der Waals surface area contributed by atoms with Crippen LogP contribution in [0.1, 0.15) is 0 Å². The number of fused-ring (bicyclic) bond motifs is 1. The van der Waals surface area contributed by atoms with Crippen LogP contribution >= 0.6 is 12.6 Å². The molecule has 0 fully saturated rings. The summed E-state index contributed by atoms with van der Waals surface area (Å²) in [5.74, 6) is -0.339. The van der Waals surface area contributed by atoms with Gasteiger partial charge in [-0.2, -0.15) is 0 Å². The number of rotatable bonds is 0. The van der Waals surface area contributed by atoms with Gasteiger partial charge >= 0.3 is 0 Å². The Morgan fingerprint density at radius 2 is 2.27 bits per heavy atom. The van der Waals surface area contributed by atoms with E-state index in [1.54, 1.807) is 6.07 Å². The Hall–Kier alpha value is -1.03. The van der Waals surface area contributed by atoms with E-state index in [9.17, 15) is 4.39 Å². The number of hydrogen-bond donors (Lipinski definition) is 2. The van der Waals surface area contributed by atoms with Crippen LogP contribution in [-0.2, 0) is 0 Å². The summed E-state index contributed by atoms with van der Waals surface area (Å²) in [6.07, 6.45) is 1.46. The number of hydrogen-bond acceptors (Lipinski definition) is 2. The highest BCUT2D eigenvalue weighted by Crippen LogP contribution is 2.17. The van der Waals surface area contributed by atoms with E-state index in [1.165, 1.54) is 12.4 Å². The Morgan fingerprint density at radius 1 is 1.45 bits per heavy atom. The molecule has 2 aromatic rings. The van der Waals surface area contributed by atoms with Crippen LogP contribution in [0.15, 0.2) is 23.4 Å². The first-order chi connectivity index (χ1) is 5.27. The van der Waals surface area contributed by atoms with E-state index >= 15 is 0 Å². The SMILES string of the molecule is Fc1cc(S)cc2[nH]cnc12. The molecule has 0 saturated heterocycles. The maximum Gasteiger partial charge on any atom is 0.152 e. The highest BCUT2D eigenvalue weighted by atomic mass is 32.1. The number of halogens is 1. The van der Waals surface area contributed by atoms with Crippen molar-refractivity contribution in [3.05, 3.63) is 24.3 Å². The number of thiol groups is 1. The molecule has 1 aromatic heterocycles. The van der Waals surface area contributed by atoms with E-state index in [4.69, 9.17) is 0 Å². The van der Waals surface area contributed by atoms with Crippen LogP contribution in [0.2, 0.25) is 0 Å². The van der Waals surface area contributed by atoms with Crippen LogP contribution in [-0.4, -0.2) is 9.97 Å². The fourth-order valence-corrected chi connectivity index (χ4v) is 1.23. The largest absolute Gasteiger partial charge is 0.344 e. The molecule has 1 heterocycles. The van der Waals surface area contributed by atoms with Crippen LogP contribution in [0.3, 0.4) is 0 Å². The molecule has 11 heavy (non-hydrogen) atoms. The molecule has 0 atom stereocenters. The summed E-state index contributed by atoms with van der Waals surface area (Å²) in [5.41, 5.74) is 1.04. The maximum atomic E-state index is 12.9. The lowest BCUT2D eigenvalue weighted by Crippen LogP contribution is -1.78. The molecule has 2 rings (SSSR count). The van der Waals surface area contributed by atoms with Gasteiger partial charge in [-0.15, -0.1) is 12.6 Å². The fourth-order valence-electron chi connectivity index (χ4n) is 0.992. The lowest BCUT2D eigenvalue weighted by molar-refractivity contribution is 0.634. The van der Waals surface area contributed by atoms with Gasteiger partial charge in [-0.25, -0.2) is 9.37 Å². The molecule has 1 N–H and O–H groups in total. The number of imidazole rings is 1. The molecule has 0 aliphatic rings. The van der Waals surface area contributed by atoms with Gasteiger partial charge in [0.2, 0.25) is 0 Å². The second-order valence-corrected chi connectivity index (χ2v) is 2.74. The number of H-pyrrole nitrogens is 1. The standard InChI is InChI=1S/C7H5FN2S/c8-5-1-4(11)2-6-7(5)10-3-9-6/h1-3,11H,(H,9,10). The summed E-state index contributed by atoms with van der Waals surface area (Å²) < 4.78 is 12.9. The van der Waals surface area contributed by atoms with Crippen molar-refractivity contribution in [3.63, 3.8) is 0 Å². The molecule has 2 nitrogen and oxygen atoms in total. The highest BCUT2D eigenvalue weighted by Gasteiger charge is 2.02. The highest BCUT2D eigenvalue weighted by molar-refractivity contribution is 7.80. The van der Waals surface area contributed by atoms with E-state index < -0.39 is 0 Å². The predicted octanol–water partition coefficient (Wildman–Crippen LogP) is 1.99. The summed E-state index contributed by atoms with van der Waals surface area (Å²) >= 11 is 4.02. The third-order valence-electron chi connectivity index (χ3n) is 1.46. The molecule has 0 radical (unpaired) electrons. The quantitative estimate of drug-likeness (QED) is 0.578. The average molecular weight is 168 g/mol. The van der Waals surface area contributed by atoms with Crippen molar-refractivity contribution >= 4 is 23.7 Å². The van der Waals surface area contributed by atoms with Crippen LogP contribution in [0.4, 0.5) is 4.39 Å².